The Bertz CT molecular complexity index is 697. The van der Waals surface area contributed by atoms with Crippen LogP contribution in [0.15, 0.2) is 30.6 Å². The predicted molar refractivity (Wildman–Crippen MR) is 97.1 cm³/mol. The van der Waals surface area contributed by atoms with Crippen LogP contribution in [0.4, 0.5) is 4.79 Å². The molecule has 3 rings (SSSR count). The summed E-state index contributed by atoms with van der Waals surface area (Å²) in [6.45, 7) is 3.39. The zero-order chi connectivity index (χ0) is 17.6. The lowest BCUT2D eigenvalue weighted by Gasteiger charge is -2.35. The molecule has 2 aromatic heterocycles. The average Bonchev–Trinajstić information content (AvgIpc) is 2.97. The van der Waals surface area contributed by atoms with Gasteiger partial charge in [0, 0.05) is 49.3 Å². The van der Waals surface area contributed by atoms with Gasteiger partial charge in [-0.1, -0.05) is 6.07 Å². The van der Waals surface area contributed by atoms with Crippen LogP contribution in [-0.4, -0.2) is 38.3 Å². The molecule has 1 aliphatic rings. The van der Waals surface area contributed by atoms with Crippen molar-refractivity contribution in [2.75, 3.05) is 6.54 Å². The molecule has 1 saturated heterocycles. The van der Waals surface area contributed by atoms with Crippen LogP contribution >= 0.6 is 0 Å². The van der Waals surface area contributed by atoms with Gasteiger partial charge in [-0.2, -0.15) is 5.10 Å². The fraction of sp³-hybridized carbons (Fsp3) is 0.526. The Morgan fingerprint density at radius 1 is 1.36 bits per heavy atom. The molecule has 0 spiro atoms. The van der Waals surface area contributed by atoms with E-state index in [2.05, 4.69) is 21.5 Å². The molecule has 0 aromatic carbocycles. The van der Waals surface area contributed by atoms with Gasteiger partial charge >= 0.3 is 6.03 Å². The van der Waals surface area contributed by atoms with E-state index in [4.69, 9.17) is 0 Å². The van der Waals surface area contributed by atoms with E-state index in [-0.39, 0.29) is 6.03 Å². The van der Waals surface area contributed by atoms with Crippen LogP contribution < -0.4 is 5.32 Å². The smallest absolute Gasteiger partial charge is 0.317 e. The highest BCUT2D eigenvalue weighted by atomic mass is 16.2. The van der Waals surface area contributed by atoms with Crippen molar-refractivity contribution in [2.24, 2.45) is 7.05 Å². The number of rotatable bonds is 5. The lowest BCUT2D eigenvalue weighted by molar-refractivity contribution is 0.146. The number of carbonyl (C=O) groups is 1. The van der Waals surface area contributed by atoms with Crippen LogP contribution in [0.3, 0.4) is 0 Å². The fourth-order valence-corrected chi connectivity index (χ4v) is 3.42. The highest BCUT2D eigenvalue weighted by Gasteiger charge is 2.26. The molecule has 6 heteroatoms. The highest BCUT2D eigenvalue weighted by molar-refractivity contribution is 5.74. The zero-order valence-corrected chi connectivity index (χ0v) is 15.1. The van der Waals surface area contributed by atoms with Crippen molar-refractivity contribution in [1.29, 1.82) is 0 Å². The molecular formula is C19H27N5O. The first-order chi connectivity index (χ1) is 12.1. The molecule has 0 aliphatic carbocycles. The number of nitrogens with one attached hydrogen (secondary N) is 1. The monoisotopic (exact) mass is 341 g/mol. The van der Waals surface area contributed by atoms with Crippen molar-refractivity contribution in [2.45, 2.75) is 51.6 Å². The van der Waals surface area contributed by atoms with Crippen molar-refractivity contribution in [3.05, 3.63) is 47.5 Å². The summed E-state index contributed by atoms with van der Waals surface area (Å²) in [5, 5.41) is 7.30. The maximum atomic E-state index is 12.7. The van der Waals surface area contributed by atoms with Gasteiger partial charge in [-0.3, -0.25) is 9.67 Å². The van der Waals surface area contributed by atoms with E-state index >= 15 is 0 Å². The summed E-state index contributed by atoms with van der Waals surface area (Å²) in [7, 11) is 1.92. The third-order valence-electron chi connectivity index (χ3n) is 5.11. The van der Waals surface area contributed by atoms with E-state index in [1.807, 2.05) is 48.1 Å². The Hall–Kier alpha value is -2.37. The number of nitrogens with zero attached hydrogens (tertiary/aromatic N) is 4. The van der Waals surface area contributed by atoms with Crippen molar-refractivity contribution < 1.29 is 4.79 Å². The Morgan fingerprint density at radius 2 is 2.24 bits per heavy atom. The molecule has 1 atom stereocenters. The quantitative estimate of drug-likeness (QED) is 0.909. The number of carbonyl (C=O) groups excluding carboxylic acids is 1. The molecule has 0 unspecified atom stereocenters. The largest absolute Gasteiger partial charge is 0.334 e. The summed E-state index contributed by atoms with van der Waals surface area (Å²) in [6.07, 6.45) is 8.89. The summed E-state index contributed by atoms with van der Waals surface area (Å²) in [6, 6.07) is 6.34. The molecule has 2 aromatic rings. The number of pyridine rings is 1. The van der Waals surface area contributed by atoms with Gasteiger partial charge in [-0.15, -0.1) is 0 Å². The number of hydrogen-bond donors (Lipinski definition) is 1. The first kappa shape index (κ1) is 17.5. The molecule has 1 N–H and O–H groups in total. The molecule has 1 aliphatic heterocycles. The minimum absolute atomic E-state index is 0.0361. The lowest BCUT2D eigenvalue weighted by atomic mass is 9.97. The topological polar surface area (TPSA) is 63.1 Å². The number of amides is 2. The van der Waals surface area contributed by atoms with Gasteiger partial charge in [0.15, 0.2) is 0 Å². The summed E-state index contributed by atoms with van der Waals surface area (Å²) in [4.78, 5) is 19.1. The van der Waals surface area contributed by atoms with Gasteiger partial charge in [0.2, 0.25) is 0 Å². The van der Waals surface area contributed by atoms with E-state index in [9.17, 15) is 4.79 Å². The Balaban J connectivity index is 1.56. The van der Waals surface area contributed by atoms with E-state index in [1.54, 1.807) is 0 Å². The number of aryl methyl sites for hydroxylation is 2. The Morgan fingerprint density at radius 3 is 2.96 bits per heavy atom. The number of piperidine rings is 1. The lowest BCUT2D eigenvalue weighted by Crippen LogP contribution is -2.48. The van der Waals surface area contributed by atoms with E-state index in [0.717, 1.165) is 49.2 Å². The van der Waals surface area contributed by atoms with Crippen LogP contribution in [0.5, 0.6) is 0 Å². The van der Waals surface area contributed by atoms with Crippen LogP contribution in [-0.2, 0) is 20.0 Å². The van der Waals surface area contributed by atoms with E-state index < -0.39 is 0 Å². The van der Waals surface area contributed by atoms with Gasteiger partial charge in [-0.25, -0.2) is 4.79 Å². The average molecular weight is 341 g/mol. The third-order valence-corrected chi connectivity index (χ3v) is 5.11. The molecule has 0 bridgehead atoms. The first-order valence-corrected chi connectivity index (χ1v) is 9.07. The predicted octanol–water partition coefficient (Wildman–Crippen LogP) is 2.82. The van der Waals surface area contributed by atoms with Crippen LogP contribution in [0.2, 0.25) is 0 Å². The first-order valence-electron chi connectivity index (χ1n) is 9.07. The third kappa shape index (κ3) is 4.38. The standard InChI is InChI=1S/C19H27N5O/c1-15-16(14-22-23(15)2)13-21-19(25)24-12-6-4-8-18(24)10-9-17-7-3-5-11-20-17/h3,5,7,11,14,18H,4,6,8-10,12-13H2,1-2H3,(H,21,25)/t18-/m1/s1. The SMILES string of the molecule is Cc1c(CNC(=O)N2CCCC[C@@H]2CCc2ccccn2)cnn1C. The Labute approximate surface area is 149 Å². The van der Waals surface area contributed by atoms with Crippen molar-refractivity contribution in [3.63, 3.8) is 0 Å². The van der Waals surface area contributed by atoms with E-state index in [1.165, 1.54) is 6.42 Å². The molecule has 3 heterocycles. The fourth-order valence-electron chi connectivity index (χ4n) is 3.42. The molecule has 134 valence electrons. The molecule has 2 amide bonds. The summed E-state index contributed by atoms with van der Waals surface area (Å²) >= 11 is 0. The second kappa shape index (κ2) is 8.14. The van der Waals surface area contributed by atoms with Gasteiger partial charge in [0.1, 0.15) is 0 Å². The normalized spacial score (nSPS) is 17.5. The minimum Gasteiger partial charge on any atom is -0.334 e. The van der Waals surface area contributed by atoms with Crippen molar-refractivity contribution >= 4 is 6.03 Å². The maximum absolute atomic E-state index is 12.7. The van der Waals surface area contributed by atoms with Crippen molar-refractivity contribution in [3.8, 4) is 0 Å². The van der Waals surface area contributed by atoms with Gasteiger partial charge < -0.3 is 10.2 Å². The number of aromatic nitrogens is 3. The van der Waals surface area contributed by atoms with E-state index in [0.29, 0.717) is 12.6 Å². The minimum atomic E-state index is 0.0361. The molecule has 6 nitrogen and oxygen atoms in total. The van der Waals surface area contributed by atoms with Gasteiger partial charge in [-0.05, 0) is 51.2 Å². The molecule has 25 heavy (non-hydrogen) atoms. The van der Waals surface area contributed by atoms with Crippen LogP contribution in [0.25, 0.3) is 0 Å². The molecular weight excluding hydrogens is 314 g/mol. The molecule has 1 fully saturated rings. The molecule has 0 radical (unpaired) electrons. The van der Waals surface area contributed by atoms with Crippen LogP contribution in [0, 0.1) is 6.92 Å². The number of hydrogen-bond acceptors (Lipinski definition) is 3. The maximum Gasteiger partial charge on any atom is 0.317 e. The van der Waals surface area contributed by atoms with Crippen LogP contribution in [0.1, 0.15) is 42.6 Å². The molecule has 0 saturated carbocycles. The van der Waals surface area contributed by atoms with Gasteiger partial charge in [0.25, 0.3) is 0 Å². The second-order valence-corrected chi connectivity index (χ2v) is 6.74. The number of urea groups is 1. The second-order valence-electron chi connectivity index (χ2n) is 6.74. The summed E-state index contributed by atoms with van der Waals surface area (Å²) in [5.74, 6) is 0. The Kier molecular flexibility index (Phi) is 5.68. The highest BCUT2D eigenvalue weighted by Crippen LogP contribution is 2.21. The van der Waals surface area contributed by atoms with Gasteiger partial charge in [0.05, 0.1) is 6.20 Å². The zero-order valence-electron chi connectivity index (χ0n) is 15.1. The summed E-state index contributed by atoms with van der Waals surface area (Å²) in [5.41, 5.74) is 3.25. The number of likely N-dealkylation sites (tertiary alicyclic amines) is 1. The summed E-state index contributed by atoms with van der Waals surface area (Å²) < 4.78 is 1.83. The van der Waals surface area contributed by atoms with Crippen molar-refractivity contribution in [1.82, 2.24) is 25.0 Å².